The SMILES string of the molecule is COC(=[N])CCC(=O)OC.Cl. The van der Waals surface area contributed by atoms with Crippen molar-refractivity contribution in [1.29, 1.82) is 0 Å². The highest BCUT2D eigenvalue weighted by Crippen LogP contribution is 1.92. The summed E-state index contributed by atoms with van der Waals surface area (Å²) in [5.74, 6) is -0.506. The Kier molecular flexibility index (Phi) is 8.58. The molecule has 0 bridgehead atoms. The number of rotatable bonds is 3. The van der Waals surface area contributed by atoms with E-state index in [0.29, 0.717) is 0 Å². The van der Waals surface area contributed by atoms with Gasteiger partial charge in [0, 0.05) is 6.42 Å². The van der Waals surface area contributed by atoms with Gasteiger partial charge in [0.1, 0.15) is 0 Å². The lowest BCUT2D eigenvalue weighted by Crippen LogP contribution is -2.07. The molecule has 0 aliphatic carbocycles. The van der Waals surface area contributed by atoms with Crippen molar-refractivity contribution in [3.05, 3.63) is 0 Å². The molecule has 65 valence electrons. The molecule has 0 aromatic heterocycles. The monoisotopic (exact) mass is 180 g/mol. The summed E-state index contributed by atoms with van der Waals surface area (Å²) in [6.07, 6.45) is 0.347. The summed E-state index contributed by atoms with van der Waals surface area (Å²) in [6.45, 7) is 0. The second kappa shape index (κ2) is 7.34. The smallest absolute Gasteiger partial charge is 0.306 e. The van der Waals surface area contributed by atoms with Gasteiger partial charge in [0.05, 0.1) is 20.6 Å². The molecule has 0 unspecified atom stereocenters. The third-order valence-corrected chi connectivity index (χ3v) is 1.01. The van der Waals surface area contributed by atoms with Gasteiger partial charge in [0.25, 0.3) is 0 Å². The van der Waals surface area contributed by atoms with Gasteiger partial charge < -0.3 is 9.47 Å². The summed E-state index contributed by atoms with van der Waals surface area (Å²) < 4.78 is 8.74. The quantitative estimate of drug-likeness (QED) is 0.354. The van der Waals surface area contributed by atoms with Crippen molar-refractivity contribution >= 4 is 24.3 Å². The van der Waals surface area contributed by atoms with Gasteiger partial charge in [0.2, 0.25) is 5.90 Å². The predicted molar refractivity (Wildman–Crippen MR) is 42.6 cm³/mol. The summed E-state index contributed by atoms with van der Waals surface area (Å²) in [4.78, 5) is 10.4. The highest BCUT2D eigenvalue weighted by atomic mass is 35.5. The third-order valence-electron chi connectivity index (χ3n) is 1.01. The van der Waals surface area contributed by atoms with Gasteiger partial charge in [-0.05, 0) is 0 Å². The van der Waals surface area contributed by atoms with Crippen LogP contribution in [-0.4, -0.2) is 26.1 Å². The number of hydrogen-bond donors (Lipinski definition) is 0. The topological polar surface area (TPSA) is 57.8 Å². The van der Waals surface area contributed by atoms with E-state index in [-0.39, 0.29) is 37.1 Å². The zero-order valence-corrected chi connectivity index (χ0v) is 7.31. The van der Waals surface area contributed by atoms with Crippen molar-refractivity contribution in [3.8, 4) is 0 Å². The van der Waals surface area contributed by atoms with E-state index in [1.165, 1.54) is 14.2 Å². The number of ether oxygens (including phenoxy) is 2. The molecule has 0 N–H and O–H groups in total. The molecular weight excluding hydrogens is 170 g/mol. The third kappa shape index (κ3) is 7.12. The lowest BCUT2D eigenvalue weighted by molar-refractivity contribution is -0.140. The summed E-state index contributed by atoms with van der Waals surface area (Å²) >= 11 is 0. The predicted octanol–water partition coefficient (Wildman–Crippen LogP) is 0.206. The maximum Gasteiger partial charge on any atom is 0.306 e. The van der Waals surface area contributed by atoms with E-state index in [1.807, 2.05) is 0 Å². The summed E-state index contributed by atoms with van der Waals surface area (Å²) in [7, 11) is 2.64. The molecule has 0 atom stereocenters. The first-order valence-corrected chi connectivity index (χ1v) is 2.86. The van der Waals surface area contributed by atoms with Crippen molar-refractivity contribution < 1.29 is 14.3 Å². The molecule has 0 saturated heterocycles. The van der Waals surface area contributed by atoms with Gasteiger partial charge in [-0.15, -0.1) is 17.8 Å². The molecule has 0 spiro atoms. The average Bonchev–Trinajstić information content (AvgIpc) is 1.99. The molecule has 0 rings (SSSR count). The van der Waals surface area contributed by atoms with Crippen LogP contribution < -0.4 is 5.41 Å². The Hall–Kier alpha value is -0.770. The minimum Gasteiger partial charge on any atom is -0.483 e. The van der Waals surface area contributed by atoms with Crippen molar-refractivity contribution in [2.75, 3.05) is 14.2 Å². The Morgan fingerprint density at radius 1 is 1.27 bits per heavy atom. The van der Waals surface area contributed by atoms with Gasteiger partial charge in [-0.1, -0.05) is 0 Å². The lowest BCUT2D eigenvalue weighted by atomic mass is 10.3. The molecule has 11 heavy (non-hydrogen) atoms. The molecule has 4 nitrogen and oxygen atoms in total. The first kappa shape index (κ1) is 12.9. The van der Waals surface area contributed by atoms with Crippen LogP contribution in [0.25, 0.3) is 0 Å². The second-order valence-corrected chi connectivity index (χ2v) is 1.67. The number of nitrogens with zero attached hydrogens (tertiary/aromatic N) is 1. The molecule has 0 amide bonds. The fraction of sp³-hybridized carbons (Fsp3) is 0.667. The van der Waals surface area contributed by atoms with E-state index < -0.39 is 0 Å². The first-order valence-electron chi connectivity index (χ1n) is 2.86. The Balaban J connectivity index is 0. The van der Waals surface area contributed by atoms with Crippen LogP contribution in [-0.2, 0) is 14.3 Å². The van der Waals surface area contributed by atoms with Crippen LogP contribution >= 0.6 is 12.4 Å². The van der Waals surface area contributed by atoms with E-state index in [4.69, 9.17) is 5.41 Å². The fourth-order valence-corrected chi connectivity index (χ4v) is 0.413. The summed E-state index contributed by atoms with van der Waals surface area (Å²) in [6, 6.07) is 0. The van der Waals surface area contributed by atoms with E-state index in [9.17, 15) is 4.79 Å². The fourth-order valence-electron chi connectivity index (χ4n) is 0.413. The summed E-state index contributed by atoms with van der Waals surface area (Å²) in [5, 5.41) is 8.69. The van der Waals surface area contributed by atoms with Gasteiger partial charge in [-0.2, -0.15) is 0 Å². The molecule has 0 aromatic rings. The zero-order valence-electron chi connectivity index (χ0n) is 6.49. The van der Waals surface area contributed by atoms with Gasteiger partial charge in [-0.25, -0.2) is 0 Å². The standard InChI is InChI=1S/C6H10NO3.ClH/c1-9-5(7)3-4-6(8)10-2;/h3-4H2,1-2H3;1H. The van der Waals surface area contributed by atoms with Crippen molar-refractivity contribution in [1.82, 2.24) is 5.41 Å². The molecule has 1 radical (unpaired) electrons. The minimum absolute atomic E-state index is 0. The Labute approximate surface area is 71.8 Å². The van der Waals surface area contributed by atoms with Gasteiger partial charge >= 0.3 is 5.97 Å². The molecule has 0 aromatic carbocycles. The van der Waals surface area contributed by atoms with E-state index in [1.54, 1.807) is 0 Å². The number of halogens is 1. The first-order chi connectivity index (χ1) is 4.70. The van der Waals surface area contributed by atoms with E-state index in [0.717, 1.165) is 0 Å². The molecule has 5 heteroatoms. The number of esters is 1. The van der Waals surface area contributed by atoms with Crippen molar-refractivity contribution in [2.24, 2.45) is 0 Å². The van der Waals surface area contributed by atoms with Crippen LogP contribution in [0.2, 0.25) is 0 Å². The number of carbonyl (C=O) groups excluding carboxylic acids is 1. The normalized spacial score (nSPS) is 7.82. The van der Waals surface area contributed by atoms with Crippen LogP contribution in [0.3, 0.4) is 0 Å². The van der Waals surface area contributed by atoms with Crippen LogP contribution in [0, 0.1) is 0 Å². The Bertz CT molecular complexity index is 122. The van der Waals surface area contributed by atoms with Crippen molar-refractivity contribution in [2.45, 2.75) is 12.8 Å². The molecule has 0 aliphatic heterocycles. The number of carbonyl (C=O) groups is 1. The molecule has 0 saturated carbocycles. The molecule has 0 fully saturated rings. The lowest BCUT2D eigenvalue weighted by Gasteiger charge is -1.98. The number of hydrogen-bond acceptors (Lipinski definition) is 3. The van der Waals surface area contributed by atoms with Crippen LogP contribution in [0.4, 0.5) is 0 Å². The zero-order chi connectivity index (χ0) is 7.98. The van der Waals surface area contributed by atoms with Gasteiger partial charge in [0.15, 0.2) is 0 Å². The maximum atomic E-state index is 10.4. The van der Waals surface area contributed by atoms with Crippen LogP contribution in [0.5, 0.6) is 0 Å². The van der Waals surface area contributed by atoms with Gasteiger partial charge in [-0.3, -0.25) is 4.79 Å². The van der Waals surface area contributed by atoms with Crippen LogP contribution in [0.1, 0.15) is 12.8 Å². The van der Waals surface area contributed by atoms with Crippen molar-refractivity contribution in [3.63, 3.8) is 0 Å². The molecular formula is C6H11ClNO3. The average molecular weight is 181 g/mol. The molecule has 0 aliphatic rings. The Morgan fingerprint density at radius 2 is 1.82 bits per heavy atom. The van der Waals surface area contributed by atoms with E-state index >= 15 is 0 Å². The number of methoxy groups -OCH3 is 2. The molecule has 0 heterocycles. The second-order valence-electron chi connectivity index (χ2n) is 1.67. The minimum atomic E-state index is -0.358. The maximum absolute atomic E-state index is 10.4. The highest BCUT2D eigenvalue weighted by molar-refractivity contribution is 5.85. The largest absolute Gasteiger partial charge is 0.483 e. The van der Waals surface area contributed by atoms with E-state index in [2.05, 4.69) is 9.47 Å². The highest BCUT2D eigenvalue weighted by Gasteiger charge is 2.02. The van der Waals surface area contributed by atoms with Crippen LogP contribution in [0.15, 0.2) is 0 Å². The Morgan fingerprint density at radius 3 is 2.18 bits per heavy atom. The summed E-state index contributed by atoms with van der Waals surface area (Å²) in [5.41, 5.74) is 0.